The monoisotopic (exact) mass is 243 g/mol. The number of para-hydroxylation sites is 1. The second-order valence-electron chi connectivity index (χ2n) is 5.02. The van der Waals surface area contributed by atoms with Crippen LogP contribution in [0.5, 0.6) is 0 Å². The number of carboxylic acid groups (broad SMARTS) is 1. The summed E-state index contributed by atoms with van der Waals surface area (Å²) in [5.74, 6) is -0.717. The number of aliphatic carboxylic acids is 1. The minimum atomic E-state index is -0.717. The number of fused-ring (bicyclic) bond motifs is 1. The first-order valence-electron chi connectivity index (χ1n) is 6.53. The number of hydrogen-bond acceptors (Lipinski definition) is 2. The van der Waals surface area contributed by atoms with E-state index in [1.165, 1.54) is 0 Å². The molecule has 0 spiro atoms. The fourth-order valence-corrected chi connectivity index (χ4v) is 3.05. The fraction of sp³-hybridized carbons (Fsp3) is 0.400. The highest BCUT2D eigenvalue weighted by atomic mass is 16.4. The van der Waals surface area contributed by atoms with Gasteiger partial charge in [0.1, 0.15) is 6.04 Å². The standard InChI is InChI=1S/C15H17NO2/c17-15(18)14-10-11-6-4-5-9-13(11)16(14)12-7-2-1-3-8-12/h2,4-7,9,12,14H,1,3,8,10H2,(H,17,18). The first-order valence-corrected chi connectivity index (χ1v) is 6.53. The third-order valence-electron chi connectivity index (χ3n) is 3.89. The molecular formula is C15H17NO2. The molecule has 1 heterocycles. The lowest BCUT2D eigenvalue weighted by Gasteiger charge is -2.33. The fourth-order valence-electron chi connectivity index (χ4n) is 3.05. The molecule has 1 aliphatic carbocycles. The Labute approximate surface area is 107 Å². The van der Waals surface area contributed by atoms with Crippen molar-refractivity contribution in [3.63, 3.8) is 0 Å². The van der Waals surface area contributed by atoms with Crippen LogP contribution in [-0.2, 0) is 11.2 Å². The van der Waals surface area contributed by atoms with Gasteiger partial charge in [0.25, 0.3) is 0 Å². The van der Waals surface area contributed by atoms with Crippen LogP contribution >= 0.6 is 0 Å². The van der Waals surface area contributed by atoms with E-state index in [2.05, 4.69) is 17.1 Å². The van der Waals surface area contributed by atoms with Crippen LogP contribution in [0, 0.1) is 0 Å². The molecule has 1 aliphatic heterocycles. The molecule has 0 saturated heterocycles. The van der Waals surface area contributed by atoms with E-state index in [0.29, 0.717) is 6.42 Å². The smallest absolute Gasteiger partial charge is 0.326 e. The van der Waals surface area contributed by atoms with Crippen molar-refractivity contribution in [2.75, 3.05) is 4.90 Å². The minimum Gasteiger partial charge on any atom is -0.480 e. The third kappa shape index (κ3) is 1.80. The van der Waals surface area contributed by atoms with Crippen LogP contribution in [0.3, 0.4) is 0 Å². The van der Waals surface area contributed by atoms with Crippen LogP contribution in [0.2, 0.25) is 0 Å². The van der Waals surface area contributed by atoms with Gasteiger partial charge in [-0.2, -0.15) is 0 Å². The molecule has 2 unspecified atom stereocenters. The molecule has 3 nitrogen and oxygen atoms in total. The zero-order valence-corrected chi connectivity index (χ0v) is 10.2. The maximum Gasteiger partial charge on any atom is 0.326 e. The molecule has 18 heavy (non-hydrogen) atoms. The zero-order valence-electron chi connectivity index (χ0n) is 10.2. The molecule has 0 fully saturated rings. The normalized spacial score (nSPS) is 26.1. The summed E-state index contributed by atoms with van der Waals surface area (Å²) in [5, 5.41) is 9.42. The summed E-state index contributed by atoms with van der Waals surface area (Å²) in [7, 11) is 0. The quantitative estimate of drug-likeness (QED) is 0.812. The van der Waals surface area contributed by atoms with Crippen molar-refractivity contribution >= 4 is 11.7 Å². The number of rotatable bonds is 2. The largest absolute Gasteiger partial charge is 0.480 e. The van der Waals surface area contributed by atoms with Gasteiger partial charge in [0.05, 0.1) is 0 Å². The molecule has 94 valence electrons. The average Bonchev–Trinajstić information content (AvgIpc) is 2.79. The Morgan fingerprint density at radius 1 is 1.33 bits per heavy atom. The number of hydrogen-bond donors (Lipinski definition) is 1. The third-order valence-corrected chi connectivity index (χ3v) is 3.89. The van der Waals surface area contributed by atoms with Crippen LogP contribution in [0.25, 0.3) is 0 Å². The molecule has 2 aliphatic rings. The number of carbonyl (C=O) groups is 1. The van der Waals surface area contributed by atoms with Gasteiger partial charge in [-0.15, -0.1) is 0 Å². The predicted molar refractivity (Wildman–Crippen MR) is 70.8 cm³/mol. The van der Waals surface area contributed by atoms with E-state index < -0.39 is 12.0 Å². The second-order valence-corrected chi connectivity index (χ2v) is 5.02. The number of allylic oxidation sites excluding steroid dienone is 1. The van der Waals surface area contributed by atoms with Crippen molar-refractivity contribution in [2.45, 2.75) is 37.8 Å². The lowest BCUT2D eigenvalue weighted by atomic mass is 10.0. The van der Waals surface area contributed by atoms with Crippen molar-refractivity contribution in [3.8, 4) is 0 Å². The molecule has 0 bridgehead atoms. The molecular weight excluding hydrogens is 226 g/mol. The summed E-state index contributed by atoms with van der Waals surface area (Å²) in [6, 6.07) is 7.89. The molecule has 0 radical (unpaired) electrons. The van der Waals surface area contributed by atoms with Crippen LogP contribution in [0.15, 0.2) is 36.4 Å². The summed E-state index contributed by atoms with van der Waals surface area (Å²) in [4.78, 5) is 13.5. The van der Waals surface area contributed by atoms with Crippen LogP contribution < -0.4 is 4.90 Å². The van der Waals surface area contributed by atoms with E-state index in [9.17, 15) is 9.90 Å². The van der Waals surface area contributed by atoms with Crippen LogP contribution in [-0.4, -0.2) is 23.2 Å². The average molecular weight is 243 g/mol. The lowest BCUT2D eigenvalue weighted by Crippen LogP contribution is -2.45. The summed E-state index contributed by atoms with van der Waals surface area (Å²) >= 11 is 0. The molecule has 1 N–H and O–H groups in total. The molecule has 0 saturated carbocycles. The Morgan fingerprint density at radius 2 is 2.17 bits per heavy atom. The topological polar surface area (TPSA) is 40.5 Å². The Balaban J connectivity index is 1.99. The Morgan fingerprint density at radius 3 is 2.89 bits per heavy atom. The molecule has 1 aromatic rings. The van der Waals surface area contributed by atoms with Crippen LogP contribution in [0.4, 0.5) is 5.69 Å². The van der Waals surface area contributed by atoms with Gasteiger partial charge in [-0.3, -0.25) is 0 Å². The Bertz CT molecular complexity index is 495. The van der Waals surface area contributed by atoms with Crippen LogP contribution in [0.1, 0.15) is 24.8 Å². The molecule has 2 atom stereocenters. The Hall–Kier alpha value is -1.77. The minimum absolute atomic E-state index is 0.239. The Kier molecular flexibility index (Phi) is 2.82. The highest BCUT2D eigenvalue weighted by molar-refractivity contribution is 5.83. The molecule has 0 aromatic heterocycles. The van der Waals surface area contributed by atoms with Crippen molar-refractivity contribution < 1.29 is 9.90 Å². The van der Waals surface area contributed by atoms with Gasteiger partial charge in [-0.05, 0) is 30.9 Å². The van der Waals surface area contributed by atoms with E-state index >= 15 is 0 Å². The van der Waals surface area contributed by atoms with Crippen molar-refractivity contribution in [1.82, 2.24) is 0 Å². The van der Waals surface area contributed by atoms with E-state index in [-0.39, 0.29) is 6.04 Å². The first-order chi connectivity index (χ1) is 8.77. The zero-order chi connectivity index (χ0) is 12.5. The van der Waals surface area contributed by atoms with Gasteiger partial charge in [0, 0.05) is 18.2 Å². The van der Waals surface area contributed by atoms with E-state index in [1.807, 2.05) is 24.3 Å². The highest BCUT2D eigenvalue weighted by Crippen LogP contribution is 2.36. The molecule has 3 heteroatoms. The maximum atomic E-state index is 11.5. The highest BCUT2D eigenvalue weighted by Gasteiger charge is 2.37. The molecule has 1 aromatic carbocycles. The number of carboxylic acids is 1. The molecule has 3 rings (SSSR count). The van der Waals surface area contributed by atoms with Gasteiger partial charge in [0.2, 0.25) is 0 Å². The van der Waals surface area contributed by atoms with Gasteiger partial charge in [-0.1, -0.05) is 30.4 Å². The molecule has 0 amide bonds. The van der Waals surface area contributed by atoms with Gasteiger partial charge in [0.15, 0.2) is 0 Å². The van der Waals surface area contributed by atoms with Gasteiger partial charge < -0.3 is 10.0 Å². The number of nitrogens with zero attached hydrogens (tertiary/aromatic N) is 1. The van der Waals surface area contributed by atoms with E-state index in [1.54, 1.807) is 0 Å². The van der Waals surface area contributed by atoms with Crippen molar-refractivity contribution in [2.24, 2.45) is 0 Å². The van der Waals surface area contributed by atoms with E-state index in [0.717, 1.165) is 30.5 Å². The summed E-state index contributed by atoms with van der Waals surface area (Å²) in [6.45, 7) is 0. The van der Waals surface area contributed by atoms with E-state index in [4.69, 9.17) is 0 Å². The number of anilines is 1. The summed E-state index contributed by atoms with van der Waals surface area (Å²) in [5.41, 5.74) is 2.25. The lowest BCUT2D eigenvalue weighted by molar-refractivity contribution is -0.138. The van der Waals surface area contributed by atoms with Gasteiger partial charge >= 0.3 is 5.97 Å². The second kappa shape index (κ2) is 4.48. The summed E-state index contributed by atoms with van der Waals surface area (Å²) < 4.78 is 0. The summed E-state index contributed by atoms with van der Waals surface area (Å²) in [6.07, 6.45) is 8.27. The SMILES string of the molecule is O=C(O)C1Cc2ccccc2N1C1C=CCCC1. The predicted octanol–water partition coefficient (Wildman–Crippen LogP) is 2.61. The van der Waals surface area contributed by atoms with Crippen molar-refractivity contribution in [3.05, 3.63) is 42.0 Å². The number of benzene rings is 1. The van der Waals surface area contributed by atoms with Crippen molar-refractivity contribution in [1.29, 1.82) is 0 Å². The maximum absolute atomic E-state index is 11.5. The first kappa shape index (κ1) is 11.3. The van der Waals surface area contributed by atoms with Gasteiger partial charge in [-0.25, -0.2) is 4.79 Å².